The Bertz CT molecular complexity index is 655. The molecule has 0 radical (unpaired) electrons. The lowest BCUT2D eigenvalue weighted by molar-refractivity contribution is -0.270. The predicted octanol–water partition coefficient (Wildman–Crippen LogP) is 2.20. The Balaban J connectivity index is 2.25. The van der Waals surface area contributed by atoms with Crippen LogP contribution in [0.4, 0.5) is 18.9 Å². The lowest BCUT2D eigenvalue weighted by Crippen LogP contribution is -2.46. The third-order valence-electron chi connectivity index (χ3n) is 3.13. The van der Waals surface area contributed by atoms with Gasteiger partial charge >= 0.3 is 6.18 Å². The summed E-state index contributed by atoms with van der Waals surface area (Å²) < 4.78 is 40.8. The molecule has 8 heteroatoms. The highest BCUT2D eigenvalue weighted by Gasteiger charge is 2.58. The molecule has 22 heavy (non-hydrogen) atoms. The summed E-state index contributed by atoms with van der Waals surface area (Å²) in [6.07, 6.45) is -3.83. The number of hydrogen-bond acceptors (Lipinski definition) is 3. The lowest BCUT2D eigenvalue weighted by atomic mass is 9.97. The van der Waals surface area contributed by atoms with E-state index in [0.717, 1.165) is 10.8 Å². The molecule has 0 aliphatic carbocycles. The largest absolute Gasteiger partial charge is 0.425 e. The maximum Gasteiger partial charge on any atom is 0.425 e. The van der Waals surface area contributed by atoms with Crippen LogP contribution in [0, 0.1) is 0 Å². The minimum absolute atomic E-state index is 0.344. The summed E-state index contributed by atoms with van der Waals surface area (Å²) in [5.74, 6) is -1.60. The molecule has 118 valence electrons. The molecule has 0 aliphatic rings. The van der Waals surface area contributed by atoms with Gasteiger partial charge in [0.25, 0.3) is 0 Å². The van der Waals surface area contributed by atoms with Crippen molar-refractivity contribution < 1.29 is 23.1 Å². The molecule has 5 nitrogen and oxygen atoms in total. The molecule has 1 atom stereocenters. The first-order chi connectivity index (χ1) is 10.2. The van der Waals surface area contributed by atoms with Crippen LogP contribution in [0.25, 0.3) is 0 Å². The molecule has 0 aliphatic heterocycles. The first-order valence-electron chi connectivity index (χ1n) is 6.36. The van der Waals surface area contributed by atoms with Gasteiger partial charge in [-0.2, -0.15) is 13.2 Å². The van der Waals surface area contributed by atoms with Crippen LogP contribution in [-0.2, 0) is 17.4 Å². The molecule has 2 N–H and O–H groups in total. The molecule has 0 fully saturated rings. The Morgan fingerprint density at radius 3 is 2.45 bits per heavy atom. The van der Waals surface area contributed by atoms with E-state index in [4.69, 9.17) is 0 Å². The second kappa shape index (κ2) is 5.80. The summed E-state index contributed by atoms with van der Waals surface area (Å²) in [5, 5.41) is 12.4. The molecule has 0 bridgehead atoms. The Hall–Kier alpha value is -2.35. The summed E-state index contributed by atoms with van der Waals surface area (Å²) >= 11 is 0. The van der Waals surface area contributed by atoms with Gasteiger partial charge in [-0.3, -0.25) is 4.79 Å². The normalized spacial score (nSPS) is 14.4. The predicted molar refractivity (Wildman–Crippen MR) is 72.8 cm³/mol. The van der Waals surface area contributed by atoms with E-state index in [2.05, 4.69) is 10.3 Å². The van der Waals surface area contributed by atoms with Gasteiger partial charge in [-0.05, 0) is 12.1 Å². The zero-order valence-electron chi connectivity index (χ0n) is 11.6. The van der Waals surface area contributed by atoms with Crippen molar-refractivity contribution in [3.05, 3.63) is 48.5 Å². The Kier molecular flexibility index (Phi) is 4.23. The van der Waals surface area contributed by atoms with Gasteiger partial charge in [0.2, 0.25) is 11.5 Å². The smallest absolute Gasteiger partial charge is 0.374 e. The fourth-order valence-electron chi connectivity index (χ4n) is 2.03. The third-order valence-corrected chi connectivity index (χ3v) is 3.13. The molecular weight excluding hydrogens is 299 g/mol. The second-order valence-electron chi connectivity index (χ2n) is 4.81. The number of anilines is 1. The summed E-state index contributed by atoms with van der Waals surface area (Å²) in [7, 11) is 1.31. The fraction of sp³-hybridized carbons (Fsp3) is 0.286. The summed E-state index contributed by atoms with van der Waals surface area (Å²) in [6.45, 7) is 0. The molecule has 2 aromatic rings. The van der Waals surface area contributed by atoms with Crippen molar-refractivity contribution >= 4 is 11.6 Å². The van der Waals surface area contributed by atoms with Crippen LogP contribution in [0.15, 0.2) is 42.7 Å². The number of alkyl halides is 3. The molecule has 0 saturated carbocycles. The molecule has 0 saturated heterocycles. The van der Waals surface area contributed by atoms with E-state index in [9.17, 15) is 23.1 Å². The molecular formula is C14H14F3N3O2. The van der Waals surface area contributed by atoms with E-state index in [0.29, 0.717) is 5.69 Å². The van der Waals surface area contributed by atoms with Gasteiger partial charge in [0, 0.05) is 25.1 Å². The number of amides is 1. The van der Waals surface area contributed by atoms with E-state index in [1.165, 1.54) is 25.4 Å². The van der Waals surface area contributed by atoms with Crippen molar-refractivity contribution in [2.75, 3.05) is 5.32 Å². The van der Waals surface area contributed by atoms with Crippen molar-refractivity contribution in [2.24, 2.45) is 7.05 Å². The fourth-order valence-corrected chi connectivity index (χ4v) is 2.03. The molecule has 1 amide bonds. The summed E-state index contributed by atoms with van der Waals surface area (Å²) in [6, 6.07) is 8.03. The van der Waals surface area contributed by atoms with E-state index < -0.39 is 29.9 Å². The number of para-hydroxylation sites is 1. The van der Waals surface area contributed by atoms with Crippen molar-refractivity contribution in [3.8, 4) is 0 Å². The number of nitrogens with zero attached hydrogens (tertiary/aromatic N) is 2. The number of nitrogens with one attached hydrogen (secondary N) is 1. The van der Waals surface area contributed by atoms with Gasteiger partial charge in [0.15, 0.2) is 5.82 Å². The first-order valence-corrected chi connectivity index (χ1v) is 6.36. The molecule has 0 unspecified atom stereocenters. The Morgan fingerprint density at radius 1 is 1.32 bits per heavy atom. The maximum absolute atomic E-state index is 13.3. The van der Waals surface area contributed by atoms with Gasteiger partial charge < -0.3 is 15.0 Å². The van der Waals surface area contributed by atoms with E-state index in [1.807, 2.05) is 0 Å². The average Bonchev–Trinajstić information content (AvgIpc) is 2.85. The molecule has 1 aromatic carbocycles. The Labute approximate surface area is 124 Å². The van der Waals surface area contributed by atoms with Gasteiger partial charge in [-0.25, -0.2) is 4.98 Å². The highest BCUT2D eigenvalue weighted by atomic mass is 19.4. The van der Waals surface area contributed by atoms with Crippen LogP contribution < -0.4 is 5.32 Å². The summed E-state index contributed by atoms with van der Waals surface area (Å²) in [4.78, 5) is 15.4. The van der Waals surface area contributed by atoms with Gasteiger partial charge in [0.05, 0.1) is 6.42 Å². The Morgan fingerprint density at radius 2 is 1.95 bits per heavy atom. The second-order valence-corrected chi connectivity index (χ2v) is 4.81. The highest BCUT2D eigenvalue weighted by molar-refractivity contribution is 5.91. The first kappa shape index (κ1) is 16.0. The number of rotatable bonds is 4. The number of carbonyl (C=O) groups excluding carboxylic acids is 1. The van der Waals surface area contributed by atoms with Crippen molar-refractivity contribution in [3.63, 3.8) is 0 Å². The maximum atomic E-state index is 13.3. The van der Waals surface area contributed by atoms with Crippen molar-refractivity contribution in [1.29, 1.82) is 0 Å². The average molecular weight is 313 g/mol. The van der Waals surface area contributed by atoms with Crippen LogP contribution in [-0.4, -0.2) is 26.7 Å². The number of carbonyl (C=O) groups is 1. The number of benzene rings is 1. The number of aliphatic hydroxyl groups is 1. The van der Waals surface area contributed by atoms with Crippen molar-refractivity contribution in [1.82, 2.24) is 9.55 Å². The topological polar surface area (TPSA) is 67.1 Å². The van der Waals surface area contributed by atoms with Crippen LogP contribution >= 0.6 is 0 Å². The van der Waals surface area contributed by atoms with Crippen LogP contribution in [0.1, 0.15) is 12.2 Å². The summed E-state index contributed by atoms with van der Waals surface area (Å²) in [5.41, 5.74) is -3.01. The third kappa shape index (κ3) is 3.11. The number of halogens is 3. The van der Waals surface area contributed by atoms with E-state index >= 15 is 0 Å². The monoisotopic (exact) mass is 313 g/mol. The quantitative estimate of drug-likeness (QED) is 0.909. The van der Waals surface area contributed by atoms with E-state index in [1.54, 1.807) is 18.2 Å². The number of aryl methyl sites for hydroxylation is 1. The van der Waals surface area contributed by atoms with Crippen LogP contribution in [0.5, 0.6) is 0 Å². The standard InChI is InChI=1S/C14H14F3N3O2/c1-20-8-7-18-12(20)13(22,14(15,16)17)9-11(21)19-10-5-3-2-4-6-10/h2-8,22H,9H2,1H3,(H,19,21)/t13-/m0/s1. The molecule has 1 aromatic heterocycles. The zero-order chi connectivity index (χ0) is 16.4. The molecule has 1 heterocycles. The zero-order valence-corrected chi connectivity index (χ0v) is 11.6. The SMILES string of the molecule is Cn1ccnc1[C@@](O)(CC(=O)Nc1ccccc1)C(F)(F)F. The molecule has 2 rings (SSSR count). The van der Waals surface area contributed by atoms with Gasteiger partial charge in [-0.15, -0.1) is 0 Å². The van der Waals surface area contributed by atoms with Crippen LogP contribution in [0.2, 0.25) is 0 Å². The van der Waals surface area contributed by atoms with Crippen molar-refractivity contribution in [2.45, 2.75) is 18.2 Å². The highest BCUT2D eigenvalue weighted by Crippen LogP contribution is 2.40. The number of hydrogen-bond donors (Lipinski definition) is 2. The lowest BCUT2D eigenvalue weighted by Gasteiger charge is -2.29. The molecule has 0 spiro atoms. The van der Waals surface area contributed by atoms with Gasteiger partial charge in [0.1, 0.15) is 0 Å². The van der Waals surface area contributed by atoms with Crippen LogP contribution in [0.3, 0.4) is 0 Å². The minimum atomic E-state index is -5.04. The van der Waals surface area contributed by atoms with E-state index in [-0.39, 0.29) is 0 Å². The minimum Gasteiger partial charge on any atom is -0.374 e. The number of imidazole rings is 1. The number of aromatic nitrogens is 2. The van der Waals surface area contributed by atoms with Gasteiger partial charge in [-0.1, -0.05) is 18.2 Å².